The van der Waals surface area contributed by atoms with Gasteiger partial charge in [-0.05, 0) is 23.6 Å². The Morgan fingerprint density at radius 2 is 1.74 bits per heavy atom. The van der Waals surface area contributed by atoms with Crippen molar-refractivity contribution >= 4 is 55.0 Å². The average Bonchev–Trinajstić information content (AvgIpc) is 2.66. The summed E-state index contributed by atoms with van der Waals surface area (Å²) in [5.74, 6) is -0.204. The molecule has 0 aromatic heterocycles. The Hall–Kier alpha value is -2.84. The van der Waals surface area contributed by atoms with Crippen LogP contribution < -0.4 is 10.6 Å². The SMILES string of the molecule is O=C(CSC1=NS(=O)(=O)c2ccccc2N1)Nc1cccc2ccccc12. The molecule has 6 nitrogen and oxygen atoms in total. The minimum atomic E-state index is -3.75. The van der Waals surface area contributed by atoms with E-state index in [9.17, 15) is 13.2 Å². The van der Waals surface area contributed by atoms with Crippen molar-refractivity contribution in [1.82, 2.24) is 0 Å². The fourth-order valence-corrected chi connectivity index (χ4v) is 4.85. The number of hydrogen-bond acceptors (Lipinski definition) is 5. The number of hydrogen-bond donors (Lipinski definition) is 2. The maximum absolute atomic E-state index is 12.3. The maximum Gasteiger partial charge on any atom is 0.286 e. The van der Waals surface area contributed by atoms with Gasteiger partial charge in [0.1, 0.15) is 4.90 Å². The second kappa shape index (κ2) is 7.05. The molecule has 0 unspecified atom stereocenters. The van der Waals surface area contributed by atoms with E-state index < -0.39 is 10.0 Å². The predicted octanol–water partition coefficient (Wildman–Crippen LogP) is 3.68. The molecule has 136 valence electrons. The molecule has 3 aromatic rings. The minimum Gasteiger partial charge on any atom is -0.333 e. The van der Waals surface area contributed by atoms with Gasteiger partial charge in [-0.25, -0.2) is 0 Å². The fraction of sp³-hybridized carbons (Fsp3) is 0.0526. The van der Waals surface area contributed by atoms with Crippen molar-refractivity contribution in [2.75, 3.05) is 16.4 Å². The van der Waals surface area contributed by atoms with Gasteiger partial charge in [-0.3, -0.25) is 4.79 Å². The first-order valence-electron chi connectivity index (χ1n) is 8.14. The van der Waals surface area contributed by atoms with Crippen LogP contribution in [-0.4, -0.2) is 25.2 Å². The molecule has 0 bridgehead atoms. The molecule has 8 heteroatoms. The first-order valence-corrected chi connectivity index (χ1v) is 10.6. The van der Waals surface area contributed by atoms with Crippen LogP contribution in [0.15, 0.2) is 76.0 Å². The lowest BCUT2D eigenvalue weighted by Crippen LogP contribution is -2.22. The van der Waals surface area contributed by atoms with E-state index in [1.165, 1.54) is 6.07 Å². The van der Waals surface area contributed by atoms with Crippen LogP contribution in [0.2, 0.25) is 0 Å². The van der Waals surface area contributed by atoms with Gasteiger partial charge >= 0.3 is 0 Å². The highest BCUT2D eigenvalue weighted by Crippen LogP contribution is 2.29. The van der Waals surface area contributed by atoms with Crippen LogP contribution in [0.4, 0.5) is 11.4 Å². The van der Waals surface area contributed by atoms with Gasteiger partial charge in [0.15, 0.2) is 5.17 Å². The van der Waals surface area contributed by atoms with Crippen LogP contribution in [0.1, 0.15) is 0 Å². The molecule has 4 rings (SSSR count). The Bertz CT molecular complexity index is 1170. The highest BCUT2D eigenvalue weighted by molar-refractivity contribution is 8.15. The van der Waals surface area contributed by atoms with Crippen molar-refractivity contribution in [1.29, 1.82) is 0 Å². The average molecular weight is 397 g/mol. The van der Waals surface area contributed by atoms with Crippen molar-refractivity contribution in [3.8, 4) is 0 Å². The molecule has 0 spiro atoms. The van der Waals surface area contributed by atoms with E-state index in [1.54, 1.807) is 18.2 Å². The third kappa shape index (κ3) is 3.67. The number of nitrogens with one attached hydrogen (secondary N) is 2. The van der Waals surface area contributed by atoms with Crippen LogP contribution in [-0.2, 0) is 14.8 Å². The first kappa shape index (κ1) is 17.6. The summed E-state index contributed by atoms with van der Waals surface area (Å²) in [6, 6.07) is 20.0. The van der Waals surface area contributed by atoms with Gasteiger partial charge in [-0.1, -0.05) is 60.3 Å². The number of para-hydroxylation sites is 1. The van der Waals surface area contributed by atoms with Crippen LogP contribution >= 0.6 is 11.8 Å². The van der Waals surface area contributed by atoms with E-state index in [0.717, 1.165) is 28.2 Å². The van der Waals surface area contributed by atoms with Crippen molar-refractivity contribution in [3.05, 3.63) is 66.7 Å². The lowest BCUT2D eigenvalue weighted by molar-refractivity contribution is -0.113. The van der Waals surface area contributed by atoms with Crippen LogP contribution in [0.5, 0.6) is 0 Å². The van der Waals surface area contributed by atoms with E-state index in [2.05, 4.69) is 15.0 Å². The monoisotopic (exact) mass is 397 g/mol. The molecule has 1 amide bonds. The van der Waals surface area contributed by atoms with E-state index in [4.69, 9.17) is 0 Å². The highest BCUT2D eigenvalue weighted by atomic mass is 32.2. The number of amides is 1. The summed E-state index contributed by atoms with van der Waals surface area (Å²) in [7, 11) is -3.75. The molecule has 0 atom stereocenters. The molecule has 0 aliphatic carbocycles. The Labute approximate surface area is 160 Å². The summed E-state index contributed by atoms with van der Waals surface area (Å²) >= 11 is 1.04. The van der Waals surface area contributed by atoms with E-state index in [0.29, 0.717) is 5.69 Å². The minimum absolute atomic E-state index is 0.0345. The topological polar surface area (TPSA) is 87.6 Å². The number of carbonyl (C=O) groups excluding carboxylic acids is 1. The molecule has 3 aromatic carbocycles. The number of rotatable bonds is 3. The predicted molar refractivity (Wildman–Crippen MR) is 110 cm³/mol. The van der Waals surface area contributed by atoms with Crippen LogP contribution in [0.3, 0.4) is 0 Å². The smallest absolute Gasteiger partial charge is 0.286 e. The molecule has 0 saturated carbocycles. The van der Waals surface area contributed by atoms with Crippen molar-refractivity contribution in [3.63, 3.8) is 0 Å². The zero-order chi connectivity index (χ0) is 18.9. The number of thioether (sulfide) groups is 1. The number of carbonyl (C=O) groups is 1. The summed E-state index contributed by atoms with van der Waals surface area (Å²) in [4.78, 5) is 12.5. The quantitative estimate of drug-likeness (QED) is 0.704. The summed E-state index contributed by atoms with van der Waals surface area (Å²) < 4.78 is 28.2. The molecular formula is C19H15N3O3S2. The highest BCUT2D eigenvalue weighted by Gasteiger charge is 2.24. The van der Waals surface area contributed by atoms with E-state index in [-0.39, 0.29) is 21.7 Å². The number of fused-ring (bicyclic) bond motifs is 2. The lowest BCUT2D eigenvalue weighted by Gasteiger charge is -2.17. The molecule has 0 saturated heterocycles. The lowest BCUT2D eigenvalue weighted by atomic mass is 10.1. The molecule has 2 N–H and O–H groups in total. The molecule has 0 fully saturated rings. The standard InChI is InChI=1S/C19H15N3O3S2/c23-18(20-15-10-5-7-13-6-1-2-8-14(13)15)12-26-19-21-16-9-3-4-11-17(16)27(24,25)22-19/h1-11H,12H2,(H,20,23)(H,21,22). The van der Waals surface area contributed by atoms with Gasteiger partial charge in [0.25, 0.3) is 10.0 Å². The van der Waals surface area contributed by atoms with Crippen LogP contribution in [0, 0.1) is 0 Å². The molecule has 1 aliphatic rings. The number of amidine groups is 1. The molecule has 1 aliphatic heterocycles. The third-order valence-corrected chi connectivity index (χ3v) is 6.34. The fourth-order valence-electron chi connectivity index (χ4n) is 2.81. The summed E-state index contributed by atoms with van der Waals surface area (Å²) in [5.41, 5.74) is 1.18. The van der Waals surface area contributed by atoms with E-state index >= 15 is 0 Å². The van der Waals surface area contributed by atoms with E-state index in [1.807, 2.05) is 42.5 Å². The normalized spacial score (nSPS) is 14.7. The largest absolute Gasteiger partial charge is 0.333 e. The van der Waals surface area contributed by atoms with Gasteiger partial charge in [0.05, 0.1) is 11.4 Å². The summed E-state index contributed by atoms with van der Waals surface area (Å²) in [5, 5.41) is 7.99. The molecule has 27 heavy (non-hydrogen) atoms. The number of benzene rings is 3. The number of sulfonamides is 1. The van der Waals surface area contributed by atoms with Gasteiger partial charge in [0, 0.05) is 11.1 Å². The van der Waals surface area contributed by atoms with Crippen molar-refractivity contribution in [2.45, 2.75) is 4.90 Å². The van der Waals surface area contributed by atoms with Gasteiger partial charge in [0.2, 0.25) is 5.91 Å². The number of nitrogens with zero attached hydrogens (tertiary/aromatic N) is 1. The Balaban J connectivity index is 1.46. The zero-order valence-corrected chi connectivity index (χ0v) is 15.7. The summed E-state index contributed by atoms with van der Waals surface area (Å²) in [6.07, 6.45) is 0. The van der Waals surface area contributed by atoms with Gasteiger partial charge in [-0.2, -0.15) is 8.42 Å². The molecular weight excluding hydrogens is 382 g/mol. The van der Waals surface area contributed by atoms with Gasteiger partial charge in [-0.15, -0.1) is 4.40 Å². The Kier molecular flexibility index (Phi) is 4.59. The Morgan fingerprint density at radius 1 is 1.00 bits per heavy atom. The maximum atomic E-state index is 12.3. The molecule has 1 heterocycles. The zero-order valence-electron chi connectivity index (χ0n) is 14.0. The second-order valence-corrected chi connectivity index (χ2v) is 8.39. The van der Waals surface area contributed by atoms with Crippen molar-refractivity contribution < 1.29 is 13.2 Å². The Morgan fingerprint density at radius 3 is 2.63 bits per heavy atom. The van der Waals surface area contributed by atoms with Crippen molar-refractivity contribution in [2.24, 2.45) is 4.40 Å². The second-order valence-electron chi connectivity index (χ2n) is 5.86. The third-order valence-electron chi connectivity index (χ3n) is 4.01. The van der Waals surface area contributed by atoms with Gasteiger partial charge < -0.3 is 10.6 Å². The summed E-state index contributed by atoms with van der Waals surface area (Å²) in [6.45, 7) is 0. The first-order chi connectivity index (χ1) is 13.0. The number of anilines is 2. The van der Waals surface area contributed by atoms with Crippen LogP contribution in [0.25, 0.3) is 10.8 Å². The molecule has 0 radical (unpaired) electrons.